The van der Waals surface area contributed by atoms with Crippen molar-refractivity contribution in [2.75, 3.05) is 0 Å². The fourth-order valence-corrected chi connectivity index (χ4v) is 5.01. The van der Waals surface area contributed by atoms with E-state index in [2.05, 4.69) is 6.92 Å². The predicted molar refractivity (Wildman–Crippen MR) is 82.2 cm³/mol. The van der Waals surface area contributed by atoms with Gasteiger partial charge in [-0.3, -0.25) is 4.79 Å². The average molecular weight is 294 g/mol. The molecule has 1 aliphatic heterocycles. The van der Waals surface area contributed by atoms with Gasteiger partial charge in [0.05, 0.1) is 17.1 Å². The maximum absolute atomic E-state index is 11.9. The summed E-state index contributed by atoms with van der Waals surface area (Å²) >= 11 is 0. The van der Waals surface area contributed by atoms with Crippen LogP contribution in [0.4, 0.5) is 0 Å². The van der Waals surface area contributed by atoms with Gasteiger partial charge in [0.1, 0.15) is 0 Å². The van der Waals surface area contributed by atoms with Crippen LogP contribution in [0.5, 0.6) is 0 Å². The summed E-state index contributed by atoms with van der Waals surface area (Å²) in [6.07, 6.45) is 13.2. The molecule has 1 unspecified atom stereocenters. The van der Waals surface area contributed by atoms with Crippen molar-refractivity contribution < 1.29 is 14.6 Å². The Morgan fingerprint density at radius 3 is 2.33 bits per heavy atom. The van der Waals surface area contributed by atoms with Gasteiger partial charge in [0.2, 0.25) is 0 Å². The lowest BCUT2D eigenvalue weighted by molar-refractivity contribution is -0.156. The van der Waals surface area contributed by atoms with Crippen molar-refractivity contribution in [3.05, 3.63) is 0 Å². The molecule has 3 nitrogen and oxygen atoms in total. The van der Waals surface area contributed by atoms with Crippen molar-refractivity contribution in [2.24, 2.45) is 11.3 Å². The summed E-state index contributed by atoms with van der Waals surface area (Å²) in [6.45, 7) is 2.22. The Bertz CT molecular complexity index is 376. The van der Waals surface area contributed by atoms with E-state index in [-0.39, 0.29) is 11.7 Å². The van der Waals surface area contributed by atoms with Crippen molar-refractivity contribution >= 4 is 5.97 Å². The topological polar surface area (TPSA) is 46.5 Å². The monoisotopic (exact) mass is 294 g/mol. The molecule has 3 aliphatic rings. The number of aliphatic carboxylic acids is 1. The van der Waals surface area contributed by atoms with Gasteiger partial charge in [0.25, 0.3) is 0 Å². The van der Waals surface area contributed by atoms with Gasteiger partial charge in [-0.25, -0.2) is 0 Å². The van der Waals surface area contributed by atoms with Crippen LogP contribution in [-0.4, -0.2) is 22.8 Å². The van der Waals surface area contributed by atoms with Gasteiger partial charge in [-0.15, -0.1) is 0 Å². The number of hydrogen-bond acceptors (Lipinski definition) is 2. The molecular formula is C18H30O3. The molecule has 0 aromatic heterocycles. The van der Waals surface area contributed by atoms with E-state index < -0.39 is 11.4 Å². The molecule has 3 rings (SSSR count). The molecule has 0 bridgehead atoms. The zero-order chi connectivity index (χ0) is 14.9. The summed E-state index contributed by atoms with van der Waals surface area (Å²) in [5.74, 6) is 0.163. The van der Waals surface area contributed by atoms with Gasteiger partial charge in [-0.05, 0) is 63.7 Å². The van der Waals surface area contributed by atoms with Crippen LogP contribution in [0.2, 0.25) is 0 Å². The van der Waals surface area contributed by atoms with Crippen LogP contribution in [0.1, 0.15) is 84.0 Å². The van der Waals surface area contributed by atoms with Crippen molar-refractivity contribution in [2.45, 2.75) is 95.7 Å². The molecule has 0 aromatic rings. The minimum absolute atomic E-state index is 0.130. The molecule has 0 aromatic carbocycles. The van der Waals surface area contributed by atoms with Crippen LogP contribution >= 0.6 is 0 Å². The summed E-state index contributed by atoms with van der Waals surface area (Å²) in [6, 6.07) is 0. The Morgan fingerprint density at radius 2 is 1.76 bits per heavy atom. The highest BCUT2D eigenvalue weighted by Crippen LogP contribution is 2.49. The standard InChI is InChI=1S/C18H30O3/c1-2-14-5-10-17(11-6-14,16(19)20)13-15-7-12-18(21-15)8-3-4-9-18/h14-15H,2-13H2,1H3,(H,19,20). The number of hydrogen-bond donors (Lipinski definition) is 1. The number of rotatable bonds is 4. The SMILES string of the molecule is CCC1CCC(CC2CCC3(CCCC3)O2)(C(=O)O)CC1. The smallest absolute Gasteiger partial charge is 0.309 e. The van der Waals surface area contributed by atoms with Gasteiger partial charge in [-0.2, -0.15) is 0 Å². The number of carboxylic acids is 1. The highest BCUT2D eigenvalue weighted by Gasteiger charge is 2.48. The second-order valence-electron chi connectivity index (χ2n) is 7.81. The average Bonchev–Trinajstić information content (AvgIpc) is 3.10. The van der Waals surface area contributed by atoms with Crippen LogP contribution in [0.15, 0.2) is 0 Å². The van der Waals surface area contributed by atoms with Gasteiger partial charge in [0, 0.05) is 0 Å². The van der Waals surface area contributed by atoms with E-state index in [1.165, 1.54) is 32.1 Å². The zero-order valence-corrected chi connectivity index (χ0v) is 13.4. The van der Waals surface area contributed by atoms with Gasteiger partial charge in [-0.1, -0.05) is 26.2 Å². The maximum Gasteiger partial charge on any atom is 0.309 e. The third-order valence-electron chi connectivity index (χ3n) is 6.57. The second-order valence-corrected chi connectivity index (χ2v) is 7.81. The van der Waals surface area contributed by atoms with Gasteiger partial charge < -0.3 is 9.84 Å². The maximum atomic E-state index is 11.9. The lowest BCUT2D eigenvalue weighted by Gasteiger charge is -2.38. The Kier molecular flexibility index (Phi) is 4.31. The minimum Gasteiger partial charge on any atom is -0.481 e. The van der Waals surface area contributed by atoms with Gasteiger partial charge >= 0.3 is 5.97 Å². The first-order valence-electron chi connectivity index (χ1n) is 8.99. The number of carbonyl (C=O) groups is 1. The molecular weight excluding hydrogens is 264 g/mol. The molecule has 1 saturated heterocycles. The minimum atomic E-state index is -0.576. The molecule has 1 heterocycles. The Balaban J connectivity index is 1.62. The van der Waals surface area contributed by atoms with E-state index in [1.54, 1.807) is 0 Å². The second kappa shape index (κ2) is 5.91. The number of ether oxygens (including phenoxy) is 1. The Labute approximate surface area is 128 Å². The highest BCUT2D eigenvalue weighted by molar-refractivity contribution is 5.74. The molecule has 2 aliphatic carbocycles. The quantitative estimate of drug-likeness (QED) is 0.828. The van der Waals surface area contributed by atoms with Crippen molar-refractivity contribution in [3.63, 3.8) is 0 Å². The predicted octanol–water partition coefficient (Wildman–Crippen LogP) is 4.54. The van der Waals surface area contributed by atoms with Crippen LogP contribution < -0.4 is 0 Å². The summed E-state index contributed by atoms with van der Waals surface area (Å²) in [7, 11) is 0. The summed E-state index contributed by atoms with van der Waals surface area (Å²) < 4.78 is 6.38. The van der Waals surface area contributed by atoms with Crippen molar-refractivity contribution in [1.29, 1.82) is 0 Å². The van der Waals surface area contributed by atoms with Crippen molar-refractivity contribution in [1.82, 2.24) is 0 Å². The lowest BCUT2D eigenvalue weighted by atomic mass is 9.67. The fourth-order valence-electron chi connectivity index (χ4n) is 5.01. The van der Waals surface area contributed by atoms with E-state index in [1.807, 2.05) is 0 Å². The van der Waals surface area contributed by atoms with Crippen LogP contribution in [0, 0.1) is 11.3 Å². The van der Waals surface area contributed by atoms with E-state index in [0.29, 0.717) is 0 Å². The largest absolute Gasteiger partial charge is 0.481 e. The van der Waals surface area contributed by atoms with E-state index in [4.69, 9.17) is 4.74 Å². The molecule has 2 saturated carbocycles. The molecule has 0 radical (unpaired) electrons. The van der Waals surface area contributed by atoms with E-state index >= 15 is 0 Å². The van der Waals surface area contributed by atoms with Crippen LogP contribution in [0.25, 0.3) is 0 Å². The third kappa shape index (κ3) is 2.99. The van der Waals surface area contributed by atoms with Crippen LogP contribution in [0.3, 0.4) is 0 Å². The molecule has 0 amide bonds. The summed E-state index contributed by atoms with van der Waals surface area (Å²) in [4.78, 5) is 11.9. The Hall–Kier alpha value is -0.570. The molecule has 120 valence electrons. The first-order valence-corrected chi connectivity index (χ1v) is 8.99. The molecule has 3 fully saturated rings. The fraction of sp³-hybridized carbons (Fsp3) is 0.944. The van der Waals surface area contributed by atoms with E-state index in [0.717, 1.165) is 50.9 Å². The Morgan fingerprint density at radius 1 is 1.10 bits per heavy atom. The zero-order valence-electron chi connectivity index (χ0n) is 13.4. The summed E-state index contributed by atoms with van der Waals surface area (Å²) in [5, 5.41) is 9.81. The van der Waals surface area contributed by atoms with Gasteiger partial charge in [0.15, 0.2) is 0 Å². The molecule has 1 atom stereocenters. The van der Waals surface area contributed by atoms with Crippen molar-refractivity contribution in [3.8, 4) is 0 Å². The molecule has 21 heavy (non-hydrogen) atoms. The first-order chi connectivity index (χ1) is 10.1. The molecule has 1 N–H and O–H groups in total. The van der Waals surface area contributed by atoms with Crippen LogP contribution in [-0.2, 0) is 9.53 Å². The lowest BCUT2D eigenvalue weighted by Crippen LogP contribution is -2.39. The van der Waals surface area contributed by atoms with E-state index in [9.17, 15) is 9.90 Å². The third-order valence-corrected chi connectivity index (χ3v) is 6.57. The molecule has 1 spiro atoms. The normalized spacial score (nSPS) is 38.9. The molecule has 3 heteroatoms. The number of carboxylic acid groups (broad SMARTS) is 1. The summed E-state index contributed by atoms with van der Waals surface area (Å²) in [5.41, 5.74) is -0.370. The highest BCUT2D eigenvalue weighted by atomic mass is 16.5. The first kappa shape index (κ1) is 15.3.